The summed E-state index contributed by atoms with van der Waals surface area (Å²) in [4.78, 5) is 26.2. The lowest BCUT2D eigenvalue weighted by Gasteiger charge is -2.16. The van der Waals surface area contributed by atoms with Gasteiger partial charge in [0.25, 0.3) is 5.56 Å². The molecule has 0 saturated heterocycles. The molecule has 0 aliphatic rings. The van der Waals surface area contributed by atoms with Crippen LogP contribution in [0.4, 0.5) is 4.39 Å². The van der Waals surface area contributed by atoms with E-state index in [1.54, 1.807) is 39.4 Å². The molecule has 0 aliphatic heterocycles. The molecule has 2 aromatic carbocycles. The fraction of sp³-hybridized carbons (Fsp3) is 0.148. The van der Waals surface area contributed by atoms with Gasteiger partial charge in [0.05, 0.1) is 16.1 Å². The predicted octanol–water partition coefficient (Wildman–Crippen LogP) is 6.76. The van der Waals surface area contributed by atoms with Gasteiger partial charge in [-0.2, -0.15) is 0 Å². The van der Waals surface area contributed by atoms with Crippen LogP contribution in [0.3, 0.4) is 0 Å². The van der Waals surface area contributed by atoms with Crippen molar-refractivity contribution in [2.24, 2.45) is 0 Å². The molecule has 0 amide bonds. The van der Waals surface area contributed by atoms with Crippen LogP contribution in [-0.4, -0.2) is 14.5 Å². The molecule has 4 nitrogen and oxygen atoms in total. The molecule has 34 heavy (non-hydrogen) atoms. The molecule has 0 bridgehead atoms. The van der Waals surface area contributed by atoms with E-state index in [9.17, 15) is 9.18 Å². The van der Waals surface area contributed by atoms with Gasteiger partial charge in [0.1, 0.15) is 16.6 Å². The van der Waals surface area contributed by atoms with Gasteiger partial charge in [-0.1, -0.05) is 42.5 Å². The fourth-order valence-electron chi connectivity index (χ4n) is 3.94. The second-order valence-electron chi connectivity index (χ2n) is 8.04. The van der Waals surface area contributed by atoms with Crippen LogP contribution in [0.15, 0.2) is 77.7 Å². The smallest absolute Gasteiger partial charge is 0.262 e. The zero-order valence-electron chi connectivity index (χ0n) is 18.8. The molecule has 0 spiro atoms. The molecular weight excluding hydrogens is 465 g/mol. The summed E-state index contributed by atoms with van der Waals surface area (Å²) in [5, 5.41) is 0.945. The summed E-state index contributed by atoms with van der Waals surface area (Å²) in [6.07, 6.45) is 2.53. The highest BCUT2D eigenvalue weighted by Crippen LogP contribution is 2.36. The predicted molar refractivity (Wildman–Crippen MR) is 138 cm³/mol. The number of rotatable bonds is 6. The molecule has 0 aliphatic carbocycles. The third-order valence-corrected chi connectivity index (χ3v) is 7.77. The van der Waals surface area contributed by atoms with Crippen molar-refractivity contribution in [1.82, 2.24) is 14.5 Å². The van der Waals surface area contributed by atoms with Crippen molar-refractivity contribution in [3.63, 3.8) is 0 Å². The van der Waals surface area contributed by atoms with E-state index in [0.717, 1.165) is 25.2 Å². The normalized spacial score (nSPS) is 11.1. The van der Waals surface area contributed by atoms with Gasteiger partial charge in [0, 0.05) is 28.1 Å². The minimum atomic E-state index is -0.357. The lowest BCUT2D eigenvalue weighted by molar-refractivity contribution is 0.626. The van der Waals surface area contributed by atoms with Gasteiger partial charge in [-0.05, 0) is 50.1 Å². The molecule has 3 aromatic heterocycles. The molecule has 0 N–H and O–H groups in total. The third-order valence-electron chi connectivity index (χ3n) is 5.58. The highest BCUT2D eigenvalue weighted by atomic mass is 32.1. The van der Waals surface area contributed by atoms with Crippen LogP contribution in [-0.2, 0) is 13.0 Å². The van der Waals surface area contributed by atoms with Crippen LogP contribution in [0.5, 0.6) is 0 Å². The van der Waals surface area contributed by atoms with E-state index in [4.69, 9.17) is 4.98 Å². The average Bonchev–Trinajstić information content (AvgIpc) is 3.48. The van der Waals surface area contributed by atoms with Gasteiger partial charge in [0.2, 0.25) is 0 Å². The topological polar surface area (TPSA) is 47.8 Å². The van der Waals surface area contributed by atoms with Crippen LogP contribution < -0.4 is 5.56 Å². The van der Waals surface area contributed by atoms with Crippen molar-refractivity contribution in [2.45, 2.75) is 26.8 Å². The number of thiophene rings is 1. The fourth-order valence-corrected chi connectivity index (χ4v) is 5.86. The third kappa shape index (κ3) is 4.49. The molecule has 5 aromatic rings. The molecule has 3 heterocycles. The summed E-state index contributed by atoms with van der Waals surface area (Å²) < 4.78 is 15.7. The van der Waals surface area contributed by atoms with Crippen molar-refractivity contribution in [2.75, 3.05) is 0 Å². The van der Waals surface area contributed by atoms with Crippen molar-refractivity contribution in [1.29, 1.82) is 0 Å². The number of thiazole rings is 1. The maximum Gasteiger partial charge on any atom is 0.262 e. The molecule has 0 atom stereocenters. The first-order valence-corrected chi connectivity index (χ1v) is 12.6. The Morgan fingerprint density at radius 3 is 2.47 bits per heavy atom. The van der Waals surface area contributed by atoms with Gasteiger partial charge < -0.3 is 0 Å². The van der Waals surface area contributed by atoms with Crippen LogP contribution in [0, 0.1) is 19.7 Å². The Morgan fingerprint density at radius 1 is 0.941 bits per heavy atom. The Labute approximate surface area is 205 Å². The second kappa shape index (κ2) is 9.44. The molecule has 0 saturated carbocycles. The van der Waals surface area contributed by atoms with Gasteiger partial charge in [-0.15, -0.1) is 22.7 Å². The molecule has 0 radical (unpaired) electrons. The standard InChI is InChI=1S/C27H22FN3OS2/c1-17-16-29-26(33-17)23-12-11-22(34-23)24-18(2)30-25(20-9-6-10-21(28)15-20)31(27(24)32)14-13-19-7-4-3-5-8-19/h3-12,15-16H,13-14H2,1-2H3. The van der Waals surface area contributed by atoms with Crippen LogP contribution in [0.1, 0.15) is 16.1 Å². The number of nitrogens with zero attached hydrogens (tertiary/aromatic N) is 3. The minimum absolute atomic E-state index is 0.119. The maximum absolute atomic E-state index is 14.0. The van der Waals surface area contributed by atoms with Crippen molar-refractivity contribution in [3.05, 3.63) is 105 Å². The Kier molecular flexibility index (Phi) is 6.22. The molecule has 0 fully saturated rings. The lowest BCUT2D eigenvalue weighted by atomic mass is 10.1. The molecule has 170 valence electrons. The van der Waals surface area contributed by atoms with Crippen LogP contribution >= 0.6 is 22.7 Å². The van der Waals surface area contributed by atoms with Gasteiger partial charge in [0.15, 0.2) is 0 Å². The molecule has 0 unspecified atom stereocenters. The Bertz CT molecular complexity index is 1520. The Hall–Kier alpha value is -3.42. The Balaban J connectivity index is 1.62. The van der Waals surface area contributed by atoms with Crippen LogP contribution in [0.25, 0.3) is 31.7 Å². The quantitative estimate of drug-likeness (QED) is 0.266. The van der Waals surface area contributed by atoms with E-state index in [1.165, 1.54) is 12.1 Å². The average molecular weight is 488 g/mol. The summed E-state index contributed by atoms with van der Waals surface area (Å²) in [6.45, 7) is 4.31. The zero-order chi connectivity index (χ0) is 23.7. The number of halogens is 1. The van der Waals surface area contributed by atoms with E-state index in [1.807, 2.05) is 62.5 Å². The van der Waals surface area contributed by atoms with Crippen molar-refractivity contribution >= 4 is 22.7 Å². The first kappa shape index (κ1) is 22.4. The van der Waals surface area contributed by atoms with E-state index < -0.39 is 0 Å². The highest BCUT2D eigenvalue weighted by Gasteiger charge is 2.19. The number of benzene rings is 2. The number of aryl methyl sites for hydroxylation is 3. The van der Waals surface area contributed by atoms with Gasteiger partial charge in [-0.3, -0.25) is 9.36 Å². The van der Waals surface area contributed by atoms with Crippen molar-refractivity contribution in [3.8, 4) is 31.7 Å². The highest BCUT2D eigenvalue weighted by molar-refractivity contribution is 7.23. The van der Waals surface area contributed by atoms with E-state index in [2.05, 4.69) is 4.98 Å². The van der Waals surface area contributed by atoms with Gasteiger partial charge >= 0.3 is 0 Å². The molecule has 7 heteroatoms. The van der Waals surface area contributed by atoms with E-state index >= 15 is 0 Å². The van der Waals surface area contributed by atoms with Gasteiger partial charge in [-0.25, -0.2) is 14.4 Å². The summed E-state index contributed by atoms with van der Waals surface area (Å²) in [6, 6.07) is 20.2. The number of hydrogen-bond acceptors (Lipinski definition) is 5. The SMILES string of the molecule is Cc1cnc(-c2ccc(-c3c(C)nc(-c4cccc(F)c4)n(CCc4ccccc4)c3=O)s2)s1. The maximum atomic E-state index is 14.0. The zero-order valence-corrected chi connectivity index (χ0v) is 20.4. The first-order chi connectivity index (χ1) is 16.5. The summed E-state index contributed by atoms with van der Waals surface area (Å²) in [7, 11) is 0. The lowest BCUT2D eigenvalue weighted by Crippen LogP contribution is -2.26. The second-order valence-corrected chi connectivity index (χ2v) is 10.4. The Morgan fingerprint density at radius 2 is 1.74 bits per heavy atom. The summed E-state index contributed by atoms with van der Waals surface area (Å²) in [5.74, 6) is 0.124. The molecule has 5 rings (SSSR count). The van der Waals surface area contributed by atoms with E-state index in [0.29, 0.717) is 35.6 Å². The first-order valence-electron chi connectivity index (χ1n) is 10.9. The number of aromatic nitrogens is 3. The molecular formula is C27H22FN3OS2. The number of hydrogen-bond donors (Lipinski definition) is 0. The largest absolute Gasteiger partial charge is 0.292 e. The van der Waals surface area contributed by atoms with Crippen LogP contribution in [0.2, 0.25) is 0 Å². The summed E-state index contributed by atoms with van der Waals surface area (Å²) >= 11 is 3.18. The van der Waals surface area contributed by atoms with E-state index in [-0.39, 0.29) is 11.4 Å². The monoisotopic (exact) mass is 487 g/mol. The summed E-state index contributed by atoms with van der Waals surface area (Å²) in [5.41, 5.74) is 2.80. The minimum Gasteiger partial charge on any atom is -0.292 e. The van der Waals surface area contributed by atoms with Crippen molar-refractivity contribution < 1.29 is 4.39 Å².